The van der Waals surface area contributed by atoms with Gasteiger partial charge in [-0.05, 0) is 24.0 Å². The maximum atomic E-state index is 11.9. The number of hydrogen-bond acceptors (Lipinski definition) is 4. The third kappa shape index (κ3) is 3.99. The molecule has 2 N–H and O–H groups in total. The van der Waals surface area contributed by atoms with Crippen LogP contribution in [-0.4, -0.2) is 48.1 Å². The van der Waals surface area contributed by atoms with Crippen molar-refractivity contribution in [1.29, 1.82) is 0 Å². The van der Waals surface area contributed by atoms with Gasteiger partial charge in [-0.3, -0.25) is 15.0 Å². The second-order valence-electron chi connectivity index (χ2n) is 5.71. The molecule has 1 fully saturated rings. The van der Waals surface area contributed by atoms with E-state index in [9.17, 15) is 4.79 Å². The molecule has 21 heavy (non-hydrogen) atoms. The molecule has 3 rings (SSSR count). The minimum atomic E-state index is 0.0110. The van der Waals surface area contributed by atoms with Crippen molar-refractivity contribution in [3.63, 3.8) is 0 Å². The minimum Gasteiger partial charge on any atom is -0.355 e. The first kappa shape index (κ1) is 14.9. The summed E-state index contributed by atoms with van der Waals surface area (Å²) in [5.41, 5.74) is 2.95. The Morgan fingerprint density at radius 1 is 1.38 bits per heavy atom. The van der Waals surface area contributed by atoms with Gasteiger partial charge in [0, 0.05) is 37.8 Å². The average molecular weight is 305 g/mol. The Kier molecular flexibility index (Phi) is 5.17. The molecule has 2 aliphatic heterocycles. The summed E-state index contributed by atoms with van der Waals surface area (Å²) in [7, 11) is 0. The molecule has 2 aliphatic rings. The van der Waals surface area contributed by atoms with Crippen LogP contribution in [0.5, 0.6) is 0 Å². The molecule has 114 valence electrons. The van der Waals surface area contributed by atoms with E-state index in [0.717, 1.165) is 50.7 Å². The molecule has 2 heterocycles. The van der Waals surface area contributed by atoms with Crippen molar-refractivity contribution in [3.05, 3.63) is 35.4 Å². The van der Waals surface area contributed by atoms with E-state index in [1.165, 1.54) is 11.1 Å². The Morgan fingerprint density at radius 3 is 3.05 bits per heavy atom. The van der Waals surface area contributed by atoms with Crippen LogP contribution in [0, 0.1) is 0 Å². The van der Waals surface area contributed by atoms with Gasteiger partial charge in [-0.2, -0.15) is 0 Å². The number of amides is 1. The predicted molar refractivity (Wildman–Crippen MR) is 87.3 cm³/mol. The Labute approximate surface area is 130 Å². The molecule has 1 amide bonds. The first-order valence-corrected chi connectivity index (χ1v) is 8.86. The highest BCUT2D eigenvalue weighted by Crippen LogP contribution is 2.18. The topological polar surface area (TPSA) is 44.4 Å². The summed E-state index contributed by atoms with van der Waals surface area (Å²) in [4.78, 5) is 14.3. The van der Waals surface area contributed by atoms with Gasteiger partial charge in [0.1, 0.15) is 0 Å². The lowest BCUT2D eigenvalue weighted by Gasteiger charge is -2.28. The van der Waals surface area contributed by atoms with Crippen molar-refractivity contribution in [1.82, 2.24) is 15.5 Å². The lowest BCUT2D eigenvalue weighted by atomic mass is 10.00. The van der Waals surface area contributed by atoms with Gasteiger partial charge >= 0.3 is 0 Å². The van der Waals surface area contributed by atoms with Crippen LogP contribution in [0.15, 0.2) is 24.3 Å². The van der Waals surface area contributed by atoms with Crippen LogP contribution in [0.2, 0.25) is 0 Å². The SMILES string of the molecule is O=C(NCCCN1CCc2ccccc2C1)C1CSCN1. The van der Waals surface area contributed by atoms with Gasteiger partial charge in [0.05, 0.1) is 6.04 Å². The molecule has 0 spiro atoms. The molecule has 1 atom stereocenters. The van der Waals surface area contributed by atoms with E-state index in [0.29, 0.717) is 0 Å². The van der Waals surface area contributed by atoms with Crippen LogP contribution < -0.4 is 10.6 Å². The molecule has 0 aliphatic carbocycles. The maximum absolute atomic E-state index is 11.9. The molecule has 1 aromatic carbocycles. The van der Waals surface area contributed by atoms with Crippen molar-refractivity contribution in [2.24, 2.45) is 0 Å². The van der Waals surface area contributed by atoms with Gasteiger partial charge in [0.15, 0.2) is 0 Å². The van der Waals surface area contributed by atoms with Gasteiger partial charge in [0.2, 0.25) is 5.91 Å². The molecule has 1 unspecified atom stereocenters. The van der Waals surface area contributed by atoms with Crippen LogP contribution in [0.4, 0.5) is 0 Å². The Balaban J connectivity index is 1.36. The molecule has 0 bridgehead atoms. The first-order chi connectivity index (χ1) is 10.3. The average Bonchev–Trinajstić information content (AvgIpc) is 3.06. The highest BCUT2D eigenvalue weighted by Gasteiger charge is 2.22. The summed E-state index contributed by atoms with van der Waals surface area (Å²) < 4.78 is 0. The number of fused-ring (bicyclic) bond motifs is 1. The first-order valence-electron chi connectivity index (χ1n) is 7.71. The van der Waals surface area contributed by atoms with Gasteiger partial charge in [0.25, 0.3) is 0 Å². The van der Waals surface area contributed by atoms with Crippen molar-refractivity contribution in [3.8, 4) is 0 Å². The second-order valence-corrected chi connectivity index (χ2v) is 6.74. The van der Waals surface area contributed by atoms with Crippen molar-refractivity contribution < 1.29 is 4.79 Å². The number of nitrogens with one attached hydrogen (secondary N) is 2. The fourth-order valence-corrected chi connectivity index (χ4v) is 3.89. The molecule has 0 radical (unpaired) electrons. The number of hydrogen-bond donors (Lipinski definition) is 2. The van der Waals surface area contributed by atoms with Crippen LogP contribution in [0.3, 0.4) is 0 Å². The quantitative estimate of drug-likeness (QED) is 0.803. The number of thioether (sulfide) groups is 1. The van der Waals surface area contributed by atoms with Gasteiger partial charge in [-0.1, -0.05) is 24.3 Å². The Bertz CT molecular complexity index is 488. The number of benzene rings is 1. The van der Waals surface area contributed by atoms with Crippen molar-refractivity contribution in [2.45, 2.75) is 25.4 Å². The predicted octanol–water partition coefficient (Wildman–Crippen LogP) is 1.21. The van der Waals surface area contributed by atoms with Crippen LogP contribution >= 0.6 is 11.8 Å². The zero-order valence-electron chi connectivity index (χ0n) is 12.3. The van der Waals surface area contributed by atoms with Crippen molar-refractivity contribution >= 4 is 17.7 Å². The number of carbonyl (C=O) groups excluding carboxylic acids is 1. The highest BCUT2D eigenvalue weighted by molar-refractivity contribution is 7.99. The van der Waals surface area contributed by atoms with E-state index in [4.69, 9.17) is 0 Å². The normalized spacial score (nSPS) is 22.0. The summed E-state index contributed by atoms with van der Waals surface area (Å²) in [6.07, 6.45) is 2.17. The third-order valence-corrected chi connectivity index (χ3v) is 5.13. The lowest BCUT2D eigenvalue weighted by molar-refractivity contribution is -0.122. The third-order valence-electron chi connectivity index (χ3n) is 4.19. The summed E-state index contributed by atoms with van der Waals surface area (Å²) in [5, 5.41) is 6.24. The summed E-state index contributed by atoms with van der Waals surface area (Å²) in [6, 6.07) is 8.72. The molecule has 5 heteroatoms. The van der Waals surface area contributed by atoms with E-state index >= 15 is 0 Å². The van der Waals surface area contributed by atoms with E-state index in [2.05, 4.69) is 39.8 Å². The minimum absolute atomic E-state index is 0.0110. The fraction of sp³-hybridized carbons (Fsp3) is 0.562. The maximum Gasteiger partial charge on any atom is 0.238 e. The van der Waals surface area contributed by atoms with Gasteiger partial charge < -0.3 is 5.32 Å². The lowest BCUT2D eigenvalue weighted by Crippen LogP contribution is -2.43. The highest BCUT2D eigenvalue weighted by atomic mass is 32.2. The van der Waals surface area contributed by atoms with E-state index < -0.39 is 0 Å². The smallest absolute Gasteiger partial charge is 0.238 e. The number of rotatable bonds is 5. The van der Waals surface area contributed by atoms with E-state index in [1.54, 1.807) is 11.8 Å². The van der Waals surface area contributed by atoms with Crippen LogP contribution in [0.25, 0.3) is 0 Å². The van der Waals surface area contributed by atoms with E-state index in [1.807, 2.05) is 0 Å². The zero-order valence-corrected chi connectivity index (χ0v) is 13.1. The van der Waals surface area contributed by atoms with Gasteiger partial charge in [-0.25, -0.2) is 0 Å². The second kappa shape index (κ2) is 7.29. The van der Waals surface area contributed by atoms with Crippen LogP contribution in [0.1, 0.15) is 17.5 Å². The standard InChI is InChI=1S/C16H23N3OS/c20-16(15-11-21-12-18-15)17-7-3-8-19-9-6-13-4-1-2-5-14(13)10-19/h1-2,4-5,15,18H,3,6-12H2,(H,17,20). The van der Waals surface area contributed by atoms with Crippen molar-refractivity contribution in [2.75, 3.05) is 31.3 Å². The molecule has 1 saturated heterocycles. The molecule has 0 aromatic heterocycles. The molecular formula is C16H23N3OS. The summed E-state index contributed by atoms with van der Waals surface area (Å²) in [5.74, 6) is 1.95. The monoisotopic (exact) mass is 305 g/mol. The number of carbonyl (C=O) groups is 1. The van der Waals surface area contributed by atoms with Crippen LogP contribution in [-0.2, 0) is 17.8 Å². The zero-order chi connectivity index (χ0) is 14.5. The fourth-order valence-electron chi connectivity index (χ4n) is 2.95. The molecule has 1 aromatic rings. The Hall–Kier alpha value is -1.04. The summed E-state index contributed by atoms with van der Waals surface area (Å²) >= 11 is 1.79. The van der Waals surface area contributed by atoms with Gasteiger partial charge in [-0.15, -0.1) is 11.8 Å². The summed E-state index contributed by atoms with van der Waals surface area (Å²) in [6.45, 7) is 4.01. The Morgan fingerprint density at radius 2 is 2.24 bits per heavy atom. The molecule has 0 saturated carbocycles. The number of nitrogens with zero attached hydrogens (tertiary/aromatic N) is 1. The van der Waals surface area contributed by atoms with E-state index in [-0.39, 0.29) is 11.9 Å². The largest absolute Gasteiger partial charge is 0.355 e. The molecular weight excluding hydrogens is 282 g/mol. The molecule has 4 nitrogen and oxygen atoms in total.